The van der Waals surface area contributed by atoms with E-state index in [1.807, 2.05) is 12.1 Å². The summed E-state index contributed by atoms with van der Waals surface area (Å²) in [4.78, 5) is 16.5. The molecule has 0 amide bonds. The molecule has 0 aromatic heterocycles. The van der Waals surface area contributed by atoms with Crippen LogP contribution in [0.5, 0.6) is 0 Å². The molecule has 0 bridgehead atoms. The maximum atomic E-state index is 11.9. The molecule has 1 rings (SSSR count). The summed E-state index contributed by atoms with van der Waals surface area (Å²) in [5, 5.41) is 0. The number of rotatable bonds is 8. The van der Waals surface area contributed by atoms with E-state index in [2.05, 4.69) is 31.8 Å². The van der Waals surface area contributed by atoms with Gasteiger partial charge in [0.15, 0.2) is 5.78 Å². The Morgan fingerprint density at radius 2 is 1.85 bits per heavy atom. The second kappa shape index (κ2) is 8.68. The SMILES string of the molecule is CCCCN=C(C(C)=O)c1cccc(C)c1CCCC. The van der Waals surface area contributed by atoms with E-state index >= 15 is 0 Å². The Morgan fingerprint density at radius 3 is 2.45 bits per heavy atom. The molecule has 0 radical (unpaired) electrons. The standard InChI is InChI=1S/C18H27NO/c1-5-7-11-16-14(3)10-9-12-17(16)18(15(4)20)19-13-8-6-2/h9-10,12H,5-8,11,13H2,1-4H3. The summed E-state index contributed by atoms with van der Waals surface area (Å²) >= 11 is 0. The molecule has 20 heavy (non-hydrogen) atoms. The molecule has 2 heteroatoms. The minimum absolute atomic E-state index is 0.0736. The lowest BCUT2D eigenvalue weighted by atomic mass is 9.93. The quantitative estimate of drug-likeness (QED) is 0.506. The smallest absolute Gasteiger partial charge is 0.178 e. The zero-order valence-corrected chi connectivity index (χ0v) is 13.3. The van der Waals surface area contributed by atoms with Gasteiger partial charge in [0.25, 0.3) is 0 Å². The average Bonchev–Trinajstić information content (AvgIpc) is 2.42. The Balaban J connectivity index is 3.15. The normalized spacial score (nSPS) is 11.7. The van der Waals surface area contributed by atoms with Crippen LogP contribution in [-0.4, -0.2) is 18.0 Å². The number of nitrogens with zero attached hydrogens (tertiary/aromatic N) is 1. The van der Waals surface area contributed by atoms with E-state index in [-0.39, 0.29) is 5.78 Å². The maximum absolute atomic E-state index is 11.9. The van der Waals surface area contributed by atoms with Gasteiger partial charge in [-0.25, -0.2) is 0 Å². The fourth-order valence-corrected chi connectivity index (χ4v) is 2.34. The molecular weight excluding hydrogens is 246 g/mol. The minimum Gasteiger partial charge on any atom is -0.293 e. The number of carbonyl (C=O) groups is 1. The van der Waals surface area contributed by atoms with Crippen molar-refractivity contribution in [1.82, 2.24) is 0 Å². The lowest BCUT2D eigenvalue weighted by Gasteiger charge is -2.13. The van der Waals surface area contributed by atoms with Gasteiger partial charge in [0.05, 0.1) is 0 Å². The van der Waals surface area contributed by atoms with Gasteiger partial charge < -0.3 is 0 Å². The van der Waals surface area contributed by atoms with Gasteiger partial charge in [0.2, 0.25) is 0 Å². The number of unbranched alkanes of at least 4 members (excludes halogenated alkanes) is 2. The Morgan fingerprint density at radius 1 is 1.15 bits per heavy atom. The maximum Gasteiger partial charge on any atom is 0.178 e. The summed E-state index contributed by atoms with van der Waals surface area (Å²) in [6.07, 6.45) is 5.48. The predicted molar refractivity (Wildman–Crippen MR) is 86.8 cm³/mol. The van der Waals surface area contributed by atoms with Crippen LogP contribution in [0.15, 0.2) is 23.2 Å². The van der Waals surface area contributed by atoms with Crippen LogP contribution < -0.4 is 0 Å². The van der Waals surface area contributed by atoms with Crippen LogP contribution in [0.1, 0.15) is 63.1 Å². The number of ketones is 1. The highest BCUT2D eigenvalue weighted by Crippen LogP contribution is 2.19. The monoisotopic (exact) mass is 273 g/mol. The van der Waals surface area contributed by atoms with Crippen LogP contribution in [0.2, 0.25) is 0 Å². The van der Waals surface area contributed by atoms with E-state index in [1.165, 1.54) is 11.1 Å². The van der Waals surface area contributed by atoms with Gasteiger partial charge in [-0.05, 0) is 37.3 Å². The highest BCUT2D eigenvalue weighted by atomic mass is 16.1. The Hall–Kier alpha value is -1.44. The van der Waals surface area contributed by atoms with Crippen molar-refractivity contribution in [2.24, 2.45) is 4.99 Å². The second-order valence-electron chi connectivity index (χ2n) is 5.34. The summed E-state index contributed by atoms with van der Waals surface area (Å²) in [5.74, 6) is 0.0736. The predicted octanol–water partition coefficient (Wildman–Crippen LogP) is 4.52. The molecule has 0 N–H and O–H groups in total. The molecule has 0 saturated carbocycles. The van der Waals surface area contributed by atoms with Crippen molar-refractivity contribution in [2.75, 3.05) is 6.54 Å². The molecule has 0 heterocycles. The van der Waals surface area contributed by atoms with E-state index in [0.29, 0.717) is 5.71 Å². The number of aliphatic imine (C=N–C) groups is 1. The summed E-state index contributed by atoms with van der Waals surface area (Å²) in [6.45, 7) is 8.82. The third-order valence-corrected chi connectivity index (χ3v) is 3.56. The summed E-state index contributed by atoms with van der Waals surface area (Å²) < 4.78 is 0. The van der Waals surface area contributed by atoms with Gasteiger partial charge in [-0.2, -0.15) is 0 Å². The topological polar surface area (TPSA) is 29.4 Å². The van der Waals surface area contributed by atoms with E-state index in [0.717, 1.165) is 44.2 Å². The molecule has 1 aromatic carbocycles. The van der Waals surface area contributed by atoms with Crippen LogP contribution in [0.4, 0.5) is 0 Å². The van der Waals surface area contributed by atoms with Crippen molar-refractivity contribution in [3.8, 4) is 0 Å². The molecule has 0 unspecified atom stereocenters. The fraction of sp³-hybridized carbons (Fsp3) is 0.556. The summed E-state index contributed by atoms with van der Waals surface area (Å²) in [5.41, 5.74) is 4.26. The Bertz CT molecular complexity index is 474. The first-order valence-corrected chi connectivity index (χ1v) is 7.76. The van der Waals surface area contributed by atoms with Crippen LogP contribution in [0, 0.1) is 6.92 Å². The molecule has 0 saturated heterocycles. The fourth-order valence-electron chi connectivity index (χ4n) is 2.34. The van der Waals surface area contributed by atoms with E-state index in [1.54, 1.807) is 6.92 Å². The van der Waals surface area contributed by atoms with Crippen molar-refractivity contribution in [2.45, 2.75) is 59.8 Å². The minimum atomic E-state index is 0.0736. The van der Waals surface area contributed by atoms with Crippen molar-refractivity contribution in [1.29, 1.82) is 0 Å². The second-order valence-corrected chi connectivity index (χ2v) is 5.34. The molecule has 0 aliphatic carbocycles. The van der Waals surface area contributed by atoms with Crippen LogP contribution in [0.25, 0.3) is 0 Å². The van der Waals surface area contributed by atoms with E-state index < -0.39 is 0 Å². The van der Waals surface area contributed by atoms with Crippen LogP contribution in [0.3, 0.4) is 0 Å². The van der Waals surface area contributed by atoms with Crippen molar-refractivity contribution in [3.63, 3.8) is 0 Å². The molecule has 0 spiro atoms. The molecule has 1 aromatic rings. The van der Waals surface area contributed by atoms with Crippen LogP contribution >= 0.6 is 0 Å². The first kappa shape index (κ1) is 16.6. The van der Waals surface area contributed by atoms with Gasteiger partial charge >= 0.3 is 0 Å². The zero-order valence-electron chi connectivity index (χ0n) is 13.3. The Labute approximate surface area is 123 Å². The molecule has 0 fully saturated rings. The highest BCUT2D eigenvalue weighted by molar-refractivity contribution is 6.45. The first-order chi connectivity index (χ1) is 9.61. The molecule has 0 aliphatic heterocycles. The lowest BCUT2D eigenvalue weighted by Crippen LogP contribution is -2.16. The van der Waals surface area contributed by atoms with Gasteiger partial charge in [0.1, 0.15) is 5.71 Å². The van der Waals surface area contributed by atoms with E-state index in [4.69, 9.17) is 0 Å². The summed E-state index contributed by atoms with van der Waals surface area (Å²) in [6, 6.07) is 6.20. The molecule has 110 valence electrons. The van der Waals surface area contributed by atoms with Crippen molar-refractivity contribution in [3.05, 3.63) is 34.9 Å². The first-order valence-electron chi connectivity index (χ1n) is 7.76. The van der Waals surface area contributed by atoms with Crippen molar-refractivity contribution >= 4 is 11.5 Å². The Kier molecular flexibility index (Phi) is 7.21. The van der Waals surface area contributed by atoms with Gasteiger partial charge in [0, 0.05) is 19.0 Å². The molecular formula is C18H27NO. The molecule has 0 atom stereocenters. The highest BCUT2D eigenvalue weighted by Gasteiger charge is 2.14. The van der Waals surface area contributed by atoms with Gasteiger partial charge in [-0.3, -0.25) is 9.79 Å². The largest absolute Gasteiger partial charge is 0.293 e. The van der Waals surface area contributed by atoms with Crippen molar-refractivity contribution < 1.29 is 4.79 Å². The van der Waals surface area contributed by atoms with Gasteiger partial charge in [-0.1, -0.05) is 44.9 Å². The van der Waals surface area contributed by atoms with E-state index in [9.17, 15) is 4.79 Å². The number of carbonyl (C=O) groups excluding carboxylic acids is 1. The number of Topliss-reactive ketones (excluding diaryl/α,β-unsaturated/α-hetero) is 1. The number of hydrogen-bond donors (Lipinski definition) is 0. The third-order valence-electron chi connectivity index (χ3n) is 3.56. The molecule has 0 aliphatic rings. The summed E-state index contributed by atoms with van der Waals surface area (Å²) in [7, 11) is 0. The average molecular weight is 273 g/mol. The third kappa shape index (κ3) is 4.59. The number of aryl methyl sites for hydroxylation is 1. The zero-order chi connectivity index (χ0) is 15.0. The molecule has 2 nitrogen and oxygen atoms in total. The number of benzene rings is 1. The number of hydrogen-bond acceptors (Lipinski definition) is 2. The van der Waals surface area contributed by atoms with Crippen LogP contribution in [-0.2, 0) is 11.2 Å². The van der Waals surface area contributed by atoms with Gasteiger partial charge in [-0.15, -0.1) is 0 Å². The lowest BCUT2D eigenvalue weighted by molar-refractivity contribution is -0.111.